The Kier molecular flexibility index (Phi) is 6.09. The van der Waals surface area contributed by atoms with Crippen LogP contribution >= 0.6 is 11.8 Å². The van der Waals surface area contributed by atoms with Gasteiger partial charge in [-0.05, 0) is 42.2 Å². The molecule has 0 bridgehead atoms. The van der Waals surface area contributed by atoms with Gasteiger partial charge in [0.25, 0.3) is 5.91 Å². The molecule has 6 heteroatoms. The number of ether oxygens (including phenoxy) is 1. The maximum atomic E-state index is 12.7. The molecule has 2 heterocycles. The summed E-state index contributed by atoms with van der Waals surface area (Å²) in [5, 5.41) is 9.96. The molecule has 0 unspecified atom stereocenters. The molecule has 1 fully saturated rings. The van der Waals surface area contributed by atoms with Crippen LogP contribution in [-0.4, -0.2) is 34.6 Å². The summed E-state index contributed by atoms with van der Waals surface area (Å²) in [5.41, 5.74) is 3.83. The zero-order valence-electron chi connectivity index (χ0n) is 15.6. The third-order valence-corrected chi connectivity index (χ3v) is 6.00. The number of carbonyl (C=O) groups is 1. The van der Waals surface area contributed by atoms with Crippen LogP contribution in [0.15, 0.2) is 65.7 Å². The van der Waals surface area contributed by atoms with Crippen molar-refractivity contribution >= 4 is 17.7 Å². The highest BCUT2D eigenvalue weighted by molar-refractivity contribution is 7.99. The predicted molar refractivity (Wildman–Crippen MR) is 111 cm³/mol. The number of H-pyrrole nitrogens is 1. The van der Waals surface area contributed by atoms with E-state index in [0.29, 0.717) is 12.6 Å². The summed E-state index contributed by atoms with van der Waals surface area (Å²) in [7, 11) is 0. The van der Waals surface area contributed by atoms with Crippen LogP contribution in [0, 0.1) is 0 Å². The van der Waals surface area contributed by atoms with Gasteiger partial charge in [-0.2, -0.15) is 5.10 Å². The van der Waals surface area contributed by atoms with Gasteiger partial charge in [-0.15, -0.1) is 11.8 Å². The van der Waals surface area contributed by atoms with E-state index in [-0.39, 0.29) is 5.91 Å². The van der Waals surface area contributed by atoms with Gasteiger partial charge in [0.15, 0.2) is 0 Å². The van der Waals surface area contributed by atoms with Gasteiger partial charge in [0, 0.05) is 30.0 Å². The van der Waals surface area contributed by atoms with Crippen LogP contribution in [0.4, 0.5) is 0 Å². The number of thioether (sulfide) groups is 1. The molecule has 4 rings (SSSR count). The lowest BCUT2D eigenvalue weighted by Gasteiger charge is -2.12. The Morgan fingerprint density at radius 3 is 2.79 bits per heavy atom. The fourth-order valence-corrected chi connectivity index (χ4v) is 4.35. The van der Waals surface area contributed by atoms with E-state index in [4.69, 9.17) is 4.74 Å². The first-order chi connectivity index (χ1) is 13.8. The Balaban J connectivity index is 1.35. The number of nitrogens with one attached hydrogen (secondary N) is 2. The Morgan fingerprint density at radius 2 is 2.04 bits per heavy atom. The van der Waals surface area contributed by atoms with Crippen molar-refractivity contribution in [1.82, 2.24) is 15.5 Å². The number of aromatic amines is 1. The lowest BCUT2D eigenvalue weighted by atomic mass is 10.1. The fraction of sp³-hybridized carbons (Fsp3) is 0.273. The normalized spacial score (nSPS) is 16.2. The molecule has 3 aromatic rings. The topological polar surface area (TPSA) is 67.0 Å². The van der Waals surface area contributed by atoms with Crippen LogP contribution in [0.2, 0.25) is 0 Å². The third kappa shape index (κ3) is 4.64. The number of hydrogen-bond acceptors (Lipinski definition) is 4. The van der Waals surface area contributed by atoms with Crippen molar-refractivity contribution in [3.63, 3.8) is 0 Å². The van der Waals surface area contributed by atoms with Gasteiger partial charge >= 0.3 is 0 Å². The molecular formula is C22H23N3O2S. The van der Waals surface area contributed by atoms with Gasteiger partial charge in [-0.25, -0.2) is 0 Å². The molecule has 2 N–H and O–H groups in total. The first-order valence-corrected chi connectivity index (χ1v) is 10.5. The first-order valence-electron chi connectivity index (χ1n) is 9.50. The monoisotopic (exact) mass is 393 g/mol. The highest BCUT2D eigenvalue weighted by Crippen LogP contribution is 2.27. The van der Waals surface area contributed by atoms with Crippen molar-refractivity contribution in [1.29, 1.82) is 0 Å². The smallest absolute Gasteiger partial charge is 0.252 e. The number of aromatic nitrogens is 2. The summed E-state index contributed by atoms with van der Waals surface area (Å²) in [5.74, 6) is 0.840. The van der Waals surface area contributed by atoms with Crippen molar-refractivity contribution in [3.05, 3.63) is 71.9 Å². The van der Waals surface area contributed by atoms with E-state index in [0.717, 1.165) is 52.5 Å². The quantitative estimate of drug-likeness (QED) is 0.588. The van der Waals surface area contributed by atoms with E-state index in [2.05, 4.69) is 15.5 Å². The van der Waals surface area contributed by atoms with Crippen LogP contribution in [0.25, 0.3) is 11.3 Å². The van der Waals surface area contributed by atoms with Gasteiger partial charge in [0.1, 0.15) is 0 Å². The minimum atomic E-state index is -0.0481. The molecule has 0 saturated carbocycles. The van der Waals surface area contributed by atoms with Crippen LogP contribution in [-0.2, 0) is 11.3 Å². The number of nitrogens with zero attached hydrogens (tertiary/aromatic N) is 1. The summed E-state index contributed by atoms with van der Waals surface area (Å²) in [4.78, 5) is 13.7. The van der Waals surface area contributed by atoms with Gasteiger partial charge in [0.05, 0.1) is 17.4 Å². The van der Waals surface area contributed by atoms with Gasteiger partial charge in [-0.1, -0.05) is 36.4 Å². The van der Waals surface area contributed by atoms with E-state index in [9.17, 15) is 4.79 Å². The zero-order chi connectivity index (χ0) is 19.2. The summed E-state index contributed by atoms with van der Waals surface area (Å²) in [6, 6.07) is 17.8. The van der Waals surface area contributed by atoms with E-state index in [1.807, 2.05) is 54.6 Å². The van der Waals surface area contributed by atoms with Crippen LogP contribution in [0.1, 0.15) is 28.8 Å². The highest BCUT2D eigenvalue weighted by atomic mass is 32.2. The van der Waals surface area contributed by atoms with Gasteiger partial charge in [-0.3, -0.25) is 9.89 Å². The van der Waals surface area contributed by atoms with E-state index in [1.165, 1.54) is 0 Å². The number of rotatable bonds is 7. The molecule has 5 nitrogen and oxygen atoms in total. The second-order valence-electron chi connectivity index (χ2n) is 6.79. The molecule has 0 aliphatic carbocycles. The van der Waals surface area contributed by atoms with Gasteiger partial charge < -0.3 is 10.1 Å². The minimum Gasteiger partial charge on any atom is -0.377 e. The molecule has 0 radical (unpaired) electrons. The molecule has 1 atom stereocenters. The maximum Gasteiger partial charge on any atom is 0.252 e. The van der Waals surface area contributed by atoms with E-state index >= 15 is 0 Å². The van der Waals surface area contributed by atoms with Crippen LogP contribution in [0.3, 0.4) is 0 Å². The van der Waals surface area contributed by atoms with Crippen molar-refractivity contribution in [2.24, 2.45) is 0 Å². The lowest BCUT2D eigenvalue weighted by Crippen LogP contribution is -2.23. The molecule has 1 saturated heterocycles. The zero-order valence-corrected chi connectivity index (χ0v) is 16.4. The number of amides is 1. The largest absolute Gasteiger partial charge is 0.377 e. The SMILES string of the molecule is O=C(NCc1ccc(-c2ccn[nH]2)cc1)c1ccccc1SC[C@H]1CCCO1. The minimum absolute atomic E-state index is 0.0481. The van der Waals surface area contributed by atoms with Gasteiger partial charge in [0.2, 0.25) is 0 Å². The van der Waals surface area contributed by atoms with Crippen molar-refractivity contribution in [3.8, 4) is 11.3 Å². The van der Waals surface area contributed by atoms with Crippen LogP contribution < -0.4 is 5.32 Å². The Labute approximate surface area is 168 Å². The molecular weight excluding hydrogens is 370 g/mol. The summed E-state index contributed by atoms with van der Waals surface area (Å²) in [6.07, 6.45) is 4.27. The fourth-order valence-electron chi connectivity index (χ4n) is 3.23. The molecule has 1 aromatic heterocycles. The molecule has 2 aromatic carbocycles. The average molecular weight is 394 g/mol. The average Bonchev–Trinajstić information content (AvgIpc) is 3.45. The molecule has 1 amide bonds. The number of carbonyl (C=O) groups excluding carboxylic acids is 1. The Hall–Kier alpha value is -2.57. The van der Waals surface area contributed by atoms with E-state index < -0.39 is 0 Å². The molecule has 0 spiro atoms. The third-order valence-electron chi connectivity index (χ3n) is 4.80. The second kappa shape index (κ2) is 9.08. The summed E-state index contributed by atoms with van der Waals surface area (Å²) < 4.78 is 5.69. The molecule has 28 heavy (non-hydrogen) atoms. The lowest BCUT2D eigenvalue weighted by molar-refractivity contribution is 0.0948. The van der Waals surface area contributed by atoms with Crippen molar-refractivity contribution in [2.45, 2.75) is 30.4 Å². The Bertz CT molecular complexity index is 904. The van der Waals surface area contributed by atoms with Crippen molar-refractivity contribution in [2.75, 3.05) is 12.4 Å². The number of hydrogen-bond donors (Lipinski definition) is 2. The summed E-state index contributed by atoms with van der Waals surface area (Å²) >= 11 is 1.70. The van der Waals surface area contributed by atoms with E-state index in [1.54, 1.807) is 18.0 Å². The predicted octanol–water partition coefficient (Wildman–Crippen LogP) is 4.28. The van der Waals surface area contributed by atoms with Crippen molar-refractivity contribution < 1.29 is 9.53 Å². The highest BCUT2D eigenvalue weighted by Gasteiger charge is 2.17. The summed E-state index contributed by atoms with van der Waals surface area (Å²) in [6.45, 7) is 1.35. The van der Waals surface area contributed by atoms with Crippen LogP contribution in [0.5, 0.6) is 0 Å². The molecule has 1 aliphatic rings. The number of benzene rings is 2. The maximum absolute atomic E-state index is 12.7. The standard InChI is InChI=1S/C22H23N3O2S/c26-22(19-5-1-2-6-21(19)28-15-18-4-3-13-27-18)23-14-16-7-9-17(10-8-16)20-11-12-24-25-20/h1-2,5-12,18H,3-4,13-15H2,(H,23,26)(H,24,25)/t18-/m1/s1. The molecule has 1 aliphatic heterocycles. The molecule has 144 valence electrons. The first kappa shape index (κ1) is 18.8. The second-order valence-corrected chi connectivity index (χ2v) is 7.85. The Morgan fingerprint density at radius 1 is 1.18 bits per heavy atom.